The molecule has 0 saturated carbocycles. The molecule has 0 fully saturated rings. The smallest absolute Gasteiger partial charge is 0.251 e. The number of ether oxygens (including phenoxy) is 2. The third-order valence-corrected chi connectivity index (χ3v) is 6.98. The summed E-state index contributed by atoms with van der Waals surface area (Å²) in [6.45, 7) is 0. The van der Waals surface area contributed by atoms with Crippen LogP contribution in [0.1, 0.15) is 20.7 Å². The summed E-state index contributed by atoms with van der Waals surface area (Å²) in [5.41, 5.74) is 11.5. The van der Waals surface area contributed by atoms with Crippen LogP contribution in [0.15, 0.2) is 48.5 Å². The van der Waals surface area contributed by atoms with Gasteiger partial charge in [0.05, 0.1) is 14.2 Å². The Hall–Kier alpha value is -3.38. The van der Waals surface area contributed by atoms with Crippen LogP contribution in [0.4, 0.5) is 0 Å². The van der Waals surface area contributed by atoms with Crippen molar-refractivity contribution in [2.75, 3.05) is 25.7 Å². The fourth-order valence-electron chi connectivity index (χ4n) is 2.59. The molecule has 0 aliphatic carbocycles. The molecule has 182 valence electrons. The Morgan fingerprint density at radius 1 is 0.706 bits per heavy atom. The zero-order valence-electron chi connectivity index (χ0n) is 18.6. The van der Waals surface area contributed by atoms with Gasteiger partial charge in [-0.2, -0.15) is 0 Å². The Morgan fingerprint density at radius 3 is 1.29 bits per heavy atom. The van der Waals surface area contributed by atoms with Gasteiger partial charge in [0.15, 0.2) is 0 Å². The first kappa shape index (κ1) is 26.9. The summed E-state index contributed by atoms with van der Waals surface area (Å²) in [7, 11) is 5.45. The third-order valence-electron chi connectivity index (χ3n) is 4.55. The normalized spacial score (nSPS) is 12.2. The van der Waals surface area contributed by atoms with E-state index in [1.165, 1.54) is 35.8 Å². The number of nitrogens with one attached hydrogen (secondary N) is 2. The Kier molecular flexibility index (Phi) is 10.6. The quantitative estimate of drug-likeness (QED) is 0.230. The van der Waals surface area contributed by atoms with E-state index >= 15 is 0 Å². The van der Waals surface area contributed by atoms with E-state index in [0.717, 1.165) is 0 Å². The van der Waals surface area contributed by atoms with Gasteiger partial charge in [-0.25, -0.2) is 0 Å². The molecule has 0 spiro atoms. The second kappa shape index (κ2) is 13.4. The van der Waals surface area contributed by atoms with Crippen LogP contribution in [-0.4, -0.2) is 61.4 Å². The van der Waals surface area contributed by atoms with Gasteiger partial charge in [-0.1, -0.05) is 21.6 Å². The molecule has 0 unspecified atom stereocenters. The van der Waals surface area contributed by atoms with Crippen LogP contribution in [0, 0.1) is 0 Å². The van der Waals surface area contributed by atoms with Crippen LogP contribution in [0.3, 0.4) is 0 Å². The lowest BCUT2D eigenvalue weighted by Crippen LogP contribution is -2.46. The molecule has 0 radical (unpaired) electrons. The van der Waals surface area contributed by atoms with Crippen molar-refractivity contribution in [1.29, 1.82) is 0 Å². The number of hydrogen-bond acceptors (Lipinski definition) is 8. The molecule has 2 aromatic rings. The van der Waals surface area contributed by atoms with Gasteiger partial charge in [0, 0.05) is 22.6 Å². The first-order valence-electron chi connectivity index (χ1n) is 9.98. The number of amides is 4. The summed E-state index contributed by atoms with van der Waals surface area (Å²) >= 11 is 0. The average Bonchev–Trinajstić information content (AvgIpc) is 2.84. The molecule has 0 aliphatic heterocycles. The Bertz CT molecular complexity index is 920. The van der Waals surface area contributed by atoms with Crippen molar-refractivity contribution < 1.29 is 28.7 Å². The molecule has 10 nitrogen and oxygen atoms in total. The Morgan fingerprint density at radius 2 is 1.03 bits per heavy atom. The minimum Gasteiger partial charge on any atom is -0.497 e. The number of hydrogen-bond donors (Lipinski definition) is 4. The zero-order chi connectivity index (χ0) is 25.1. The molecule has 2 rings (SSSR count). The maximum absolute atomic E-state index is 12.4. The molecular formula is C22H26N4O6S2. The predicted molar refractivity (Wildman–Crippen MR) is 132 cm³/mol. The van der Waals surface area contributed by atoms with Crippen LogP contribution >= 0.6 is 21.6 Å². The predicted octanol–water partition coefficient (Wildman–Crippen LogP) is 0.953. The van der Waals surface area contributed by atoms with Gasteiger partial charge in [-0.3, -0.25) is 19.2 Å². The van der Waals surface area contributed by atoms with E-state index in [1.54, 1.807) is 48.5 Å². The molecule has 0 saturated heterocycles. The van der Waals surface area contributed by atoms with Gasteiger partial charge >= 0.3 is 0 Å². The highest BCUT2D eigenvalue weighted by Gasteiger charge is 2.22. The second-order valence-corrected chi connectivity index (χ2v) is 9.44. The van der Waals surface area contributed by atoms with E-state index in [0.29, 0.717) is 22.6 Å². The third kappa shape index (κ3) is 8.19. The molecule has 2 atom stereocenters. The highest BCUT2D eigenvalue weighted by atomic mass is 33.1. The lowest BCUT2D eigenvalue weighted by molar-refractivity contribution is -0.120. The number of benzene rings is 2. The minimum atomic E-state index is -0.937. The van der Waals surface area contributed by atoms with Crippen LogP contribution in [0.2, 0.25) is 0 Å². The van der Waals surface area contributed by atoms with Crippen molar-refractivity contribution in [2.24, 2.45) is 11.5 Å². The van der Waals surface area contributed by atoms with Crippen LogP contribution in [-0.2, 0) is 9.59 Å². The first-order valence-corrected chi connectivity index (χ1v) is 12.5. The summed E-state index contributed by atoms with van der Waals surface area (Å²) in [5, 5.41) is 5.17. The molecule has 0 aliphatic rings. The van der Waals surface area contributed by atoms with Crippen LogP contribution in [0.25, 0.3) is 0 Å². The number of primary amides is 2. The fourth-order valence-corrected chi connectivity index (χ4v) is 4.94. The SMILES string of the molecule is COc1ccc(C(=O)N[C@@H](CSSC[C@H](NC(=O)c2ccc(OC)cc2)C(N)=O)C(N)=O)cc1. The average molecular weight is 507 g/mol. The molecule has 0 heterocycles. The van der Waals surface area contributed by atoms with E-state index < -0.39 is 35.7 Å². The number of rotatable bonds is 13. The first-order chi connectivity index (χ1) is 16.2. The number of carbonyl (C=O) groups excluding carboxylic acids is 4. The highest BCUT2D eigenvalue weighted by molar-refractivity contribution is 8.76. The lowest BCUT2D eigenvalue weighted by atomic mass is 10.2. The molecular weight excluding hydrogens is 480 g/mol. The van der Waals surface area contributed by atoms with Crippen LogP contribution in [0.5, 0.6) is 11.5 Å². The topological polar surface area (TPSA) is 163 Å². The van der Waals surface area contributed by atoms with Crippen molar-refractivity contribution in [3.05, 3.63) is 59.7 Å². The van der Waals surface area contributed by atoms with Crippen molar-refractivity contribution in [2.45, 2.75) is 12.1 Å². The van der Waals surface area contributed by atoms with Gasteiger partial charge in [0.1, 0.15) is 23.6 Å². The summed E-state index contributed by atoms with van der Waals surface area (Å²) < 4.78 is 10.1. The molecule has 12 heteroatoms. The summed E-state index contributed by atoms with van der Waals surface area (Å²) in [6.07, 6.45) is 0. The Labute approximate surface area is 204 Å². The molecule has 0 aromatic heterocycles. The van der Waals surface area contributed by atoms with Crippen LogP contribution < -0.4 is 31.6 Å². The largest absolute Gasteiger partial charge is 0.497 e. The maximum atomic E-state index is 12.4. The van der Waals surface area contributed by atoms with Gasteiger partial charge in [0.25, 0.3) is 11.8 Å². The van der Waals surface area contributed by atoms with Crippen molar-refractivity contribution in [3.8, 4) is 11.5 Å². The number of methoxy groups -OCH3 is 2. The minimum absolute atomic E-state index is 0.153. The summed E-state index contributed by atoms with van der Waals surface area (Å²) in [4.78, 5) is 48.3. The molecule has 4 amide bonds. The van der Waals surface area contributed by atoms with Crippen molar-refractivity contribution in [3.63, 3.8) is 0 Å². The standard InChI is InChI=1S/C22H26N4O6S2/c1-31-15-7-3-13(4-8-15)21(29)25-17(19(23)27)11-33-34-12-18(20(24)28)26-22(30)14-5-9-16(32-2)10-6-14/h3-10,17-18H,11-12H2,1-2H3,(H2,23,27)(H2,24,28)(H,25,29)(H,26,30)/t17-,18-/m0/s1. The molecule has 0 bridgehead atoms. The van der Waals surface area contributed by atoms with E-state index in [9.17, 15) is 19.2 Å². The van der Waals surface area contributed by atoms with E-state index in [1.807, 2.05) is 0 Å². The van der Waals surface area contributed by atoms with Gasteiger partial charge < -0.3 is 31.6 Å². The summed E-state index contributed by atoms with van der Waals surface area (Å²) in [5.74, 6) is -0.822. The zero-order valence-corrected chi connectivity index (χ0v) is 20.2. The van der Waals surface area contributed by atoms with Gasteiger partial charge in [-0.15, -0.1) is 0 Å². The van der Waals surface area contributed by atoms with Crippen molar-refractivity contribution >= 4 is 45.2 Å². The van der Waals surface area contributed by atoms with Gasteiger partial charge in [0.2, 0.25) is 11.8 Å². The molecule has 6 N–H and O–H groups in total. The molecule has 2 aromatic carbocycles. The van der Waals surface area contributed by atoms with Gasteiger partial charge in [-0.05, 0) is 48.5 Å². The second-order valence-electron chi connectivity index (χ2n) is 6.88. The number of nitrogens with two attached hydrogens (primary N) is 2. The monoisotopic (exact) mass is 506 g/mol. The maximum Gasteiger partial charge on any atom is 0.251 e. The lowest BCUT2D eigenvalue weighted by Gasteiger charge is -2.17. The van der Waals surface area contributed by atoms with Crippen molar-refractivity contribution in [1.82, 2.24) is 10.6 Å². The highest BCUT2D eigenvalue weighted by Crippen LogP contribution is 2.23. The molecule has 34 heavy (non-hydrogen) atoms. The fraction of sp³-hybridized carbons (Fsp3) is 0.273. The van der Waals surface area contributed by atoms with E-state index in [2.05, 4.69) is 10.6 Å². The number of carbonyl (C=O) groups is 4. The Balaban J connectivity index is 1.86. The summed E-state index contributed by atoms with van der Waals surface area (Å²) in [6, 6.07) is 10.9. The van der Waals surface area contributed by atoms with E-state index in [4.69, 9.17) is 20.9 Å². The van der Waals surface area contributed by atoms with E-state index in [-0.39, 0.29) is 11.5 Å².